The molecule has 7 nitrogen and oxygen atoms in total. The molecule has 0 radical (unpaired) electrons. The van der Waals surface area contributed by atoms with Gasteiger partial charge in [-0.2, -0.15) is 0 Å². The second-order valence-electron chi connectivity index (χ2n) is 7.32. The summed E-state index contributed by atoms with van der Waals surface area (Å²) in [4.78, 5) is 7.14. The van der Waals surface area contributed by atoms with E-state index in [-0.39, 0.29) is 11.4 Å². The molecule has 0 atom stereocenters. The van der Waals surface area contributed by atoms with Crippen molar-refractivity contribution in [3.05, 3.63) is 29.8 Å². The third-order valence-corrected chi connectivity index (χ3v) is 5.82. The highest BCUT2D eigenvalue weighted by Crippen LogP contribution is 2.09. The van der Waals surface area contributed by atoms with E-state index in [0.717, 1.165) is 25.2 Å². The molecule has 0 heterocycles. The molecule has 0 spiro atoms. The van der Waals surface area contributed by atoms with Crippen molar-refractivity contribution in [3.63, 3.8) is 0 Å². The van der Waals surface area contributed by atoms with Crippen LogP contribution in [0.3, 0.4) is 0 Å². The monoisotopic (exact) mass is 411 g/mol. The van der Waals surface area contributed by atoms with Gasteiger partial charge in [0.15, 0.2) is 5.96 Å². The zero-order valence-corrected chi connectivity index (χ0v) is 18.9. The SMILES string of the molecule is CCNC(=NCCNS(=O)(=O)c1ccc(C)cc1)NCCN(C(C)C)C(C)C. The Balaban J connectivity index is 2.52. The highest BCUT2D eigenvalue weighted by atomic mass is 32.2. The maximum absolute atomic E-state index is 12.3. The fraction of sp³-hybridized carbons (Fsp3) is 0.650. The van der Waals surface area contributed by atoms with Crippen LogP contribution in [0.25, 0.3) is 0 Å². The minimum atomic E-state index is -3.50. The standard InChI is InChI=1S/C20H37N5O2S/c1-7-21-20(23-14-15-25(16(2)3)17(4)5)22-12-13-24-28(26,27)19-10-8-18(6)9-11-19/h8-11,16-17,24H,7,12-15H2,1-6H3,(H2,21,22,23). The number of nitrogens with one attached hydrogen (secondary N) is 3. The summed E-state index contributed by atoms with van der Waals surface area (Å²) in [5.41, 5.74) is 1.03. The van der Waals surface area contributed by atoms with E-state index in [9.17, 15) is 8.42 Å². The highest BCUT2D eigenvalue weighted by molar-refractivity contribution is 7.89. The summed E-state index contributed by atoms with van der Waals surface area (Å²) < 4.78 is 27.2. The van der Waals surface area contributed by atoms with E-state index in [0.29, 0.717) is 24.6 Å². The Bertz CT molecular complexity index is 692. The summed E-state index contributed by atoms with van der Waals surface area (Å²) >= 11 is 0. The largest absolute Gasteiger partial charge is 0.357 e. The van der Waals surface area contributed by atoms with Crippen LogP contribution in [0.2, 0.25) is 0 Å². The molecule has 0 aliphatic carbocycles. The van der Waals surface area contributed by atoms with Crippen LogP contribution in [0.4, 0.5) is 0 Å². The lowest BCUT2D eigenvalue weighted by atomic mass is 10.2. The first-order valence-electron chi connectivity index (χ1n) is 10.0. The van der Waals surface area contributed by atoms with Crippen molar-refractivity contribution < 1.29 is 8.42 Å². The van der Waals surface area contributed by atoms with Crippen molar-refractivity contribution in [2.45, 2.75) is 58.5 Å². The summed E-state index contributed by atoms with van der Waals surface area (Å²) in [6.45, 7) is 15.8. The van der Waals surface area contributed by atoms with Crippen molar-refractivity contribution in [2.75, 3.05) is 32.7 Å². The fourth-order valence-electron chi connectivity index (χ4n) is 2.91. The molecule has 0 saturated carbocycles. The smallest absolute Gasteiger partial charge is 0.240 e. The third-order valence-electron chi connectivity index (χ3n) is 4.34. The second kappa shape index (κ2) is 12.0. The molecule has 1 aromatic carbocycles. The summed E-state index contributed by atoms with van der Waals surface area (Å²) in [6.07, 6.45) is 0. The van der Waals surface area contributed by atoms with Gasteiger partial charge in [-0.1, -0.05) is 17.7 Å². The van der Waals surface area contributed by atoms with E-state index in [1.165, 1.54) is 0 Å². The Morgan fingerprint density at radius 3 is 2.18 bits per heavy atom. The lowest BCUT2D eigenvalue weighted by Crippen LogP contribution is -2.45. The molecule has 8 heteroatoms. The zero-order valence-electron chi connectivity index (χ0n) is 18.1. The van der Waals surface area contributed by atoms with E-state index in [2.05, 4.69) is 52.9 Å². The molecule has 3 N–H and O–H groups in total. The minimum Gasteiger partial charge on any atom is -0.357 e. The topological polar surface area (TPSA) is 85.8 Å². The molecular weight excluding hydrogens is 374 g/mol. The Morgan fingerprint density at radius 1 is 1.04 bits per heavy atom. The zero-order chi connectivity index (χ0) is 21.2. The average molecular weight is 412 g/mol. The Morgan fingerprint density at radius 2 is 1.64 bits per heavy atom. The summed E-state index contributed by atoms with van der Waals surface area (Å²) in [5.74, 6) is 0.699. The summed E-state index contributed by atoms with van der Waals surface area (Å²) in [5, 5.41) is 6.51. The first-order valence-corrected chi connectivity index (χ1v) is 11.5. The number of aliphatic imine (C=N–C) groups is 1. The van der Waals surface area contributed by atoms with Gasteiger partial charge < -0.3 is 10.6 Å². The second-order valence-corrected chi connectivity index (χ2v) is 9.09. The Kier molecular flexibility index (Phi) is 10.5. The van der Waals surface area contributed by atoms with Gasteiger partial charge in [0.05, 0.1) is 11.4 Å². The van der Waals surface area contributed by atoms with E-state index < -0.39 is 10.0 Å². The Hall–Kier alpha value is -1.64. The number of rotatable bonds is 11. The van der Waals surface area contributed by atoms with Crippen LogP contribution in [0.15, 0.2) is 34.2 Å². The van der Waals surface area contributed by atoms with Crippen LogP contribution in [-0.4, -0.2) is 64.1 Å². The van der Waals surface area contributed by atoms with Crippen LogP contribution in [0.1, 0.15) is 40.2 Å². The maximum atomic E-state index is 12.3. The summed E-state index contributed by atoms with van der Waals surface area (Å²) in [6, 6.07) is 7.77. The number of benzene rings is 1. The van der Waals surface area contributed by atoms with Gasteiger partial charge in [0.2, 0.25) is 10.0 Å². The summed E-state index contributed by atoms with van der Waals surface area (Å²) in [7, 11) is -3.50. The van der Waals surface area contributed by atoms with Crippen LogP contribution in [0.5, 0.6) is 0 Å². The predicted octanol–water partition coefficient (Wildman–Crippen LogP) is 1.95. The Labute approximate surface area is 171 Å². The van der Waals surface area contributed by atoms with Gasteiger partial charge in [-0.25, -0.2) is 13.1 Å². The van der Waals surface area contributed by atoms with Crippen LogP contribution in [0, 0.1) is 6.92 Å². The number of aryl methyl sites for hydroxylation is 1. The van der Waals surface area contributed by atoms with E-state index in [1.807, 2.05) is 13.8 Å². The highest BCUT2D eigenvalue weighted by Gasteiger charge is 2.13. The number of hydrogen-bond acceptors (Lipinski definition) is 4. The van der Waals surface area contributed by atoms with Crippen molar-refractivity contribution in [1.29, 1.82) is 0 Å². The number of hydrogen-bond donors (Lipinski definition) is 3. The van der Waals surface area contributed by atoms with E-state index in [1.54, 1.807) is 24.3 Å². The minimum absolute atomic E-state index is 0.247. The molecule has 1 aromatic rings. The van der Waals surface area contributed by atoms with Gasteiger partial charge in [-0.15, -0.1) is 0 Å². The van der Waals surface area contributed by atoms with Crippen LogP contribution >= 0.6 is 0 Å². The molecule has 28 heavy (non-hydrogen) atoms. The van der Waals surface area contributed by atoms with Crippen LogP contribution < -0.4 is 15.4 Å². The van der Waals surface area contributed by atoms with Gasteiger partial charge in [-0.3, -0.25) is 9.89 Å². The first kappa shape index (κ1) is 24.4. The molecule has 0 aliphatic rings. The normalized spacial score (nSPS) is 12.8. The van der Waals surface area contributed by atoms with Crippen molar-refractivity contribution in [3.8, 4) is 0 Å². The number of nitrogens with zero attached hydrogens (tertiary/aromatic N) is 2. The van der Waals surface area contributed by atoms with Crippen molar-refractivity contribution in [1.82, 2.24) is 20.3 Å². The van der Waals surface area contributed by atoms with Gasteiger partial charge in [0.25, 0.3) is 0 Å². The third kappa shape index (κ3) is 8.58. The molecule has 0 fully saturated rings. The molecule has 0 bridgehead atoms. The molecule has 0 saturated heterocycles. The maximum Gasteiger partial charge on any atom is 0.240 e. The molecule has 160 valence electrons. The molecular formula is C20H37N5O2S. The van der Waals surface area contributed by atoms with Gasteiger partial charge >= 0.3 is 0 Å². The van der Waals surface area contributed by atoms with Crippen molar-refractivity contribution >= 4 is 16.0 Å². The lowest BCUT2D eigenvalue weighted by Gasteiger charge is -2.30. The molecule has 1 rings (SSSR count). The van der Waals surface area contributed by atoms with Crippen LogP contribution in [-0.2, 0) is 10.0 Å². The molecule has 0 aromatic heterocycles. The fourth-order valence-corrected chi connectivity index (χ4v) is 3.93. The molecule has 0 unspecified atom stereocenters. The number of guanidine groups is 1. The predicted molar refractivity (Wildman–Crippen MR) is 117 cm³/mol. The van der Waals surface area contributed by atoms with E-state index in [4.69, 9.17) is 0 Å². The van der Waals surface area contributed by atoms with Gasteiger partial charge in [0, 0.05) is 38.3 Å². The van der Waals surface area contributed by atoms with Gasteiger partial charge in [-0.05, 0) is 53.7 Å². The van der Waals surface area contributed by atoms with E-state index >= 15 is 0 Å². The quantitative estimate of drug-likeness (QED) is 0.294. The van der Waals surface area contributed by atoms with Gasteiger partial charge in [0.1, 0.15) is 0 Å². The van der Waals surface area contributed by atoms with Crippen molar-refractivity contribution in [2.24, 2.45) is 4.99 Å². The molecule has 0 aliphatic heterocycles. The average Bonchev–Trinajstić information content (AvgIpc) is 2.61. The number of sulfonamides is 1. The lowest BCUT2D eigenvalue weighted by molar-refractivity contribution is 0.178. The molecule has 0 amide bonds. The first-order chi connectivity index (χ1) is 13.2.